The number of aromatic hydroxyl groups is 1. The molecule has 0 atom stereocenters. The summed E-state index contributed by atoms with van der Waals surface area (Å²) in [5, 5.41) is 9.15. The highest BCUT2D eigenvalue weighted by Crippen LogP contribution is 2.28. The summed E-state index contributed by atoms with van der Waals surface area (Å²) in [6.07, 6.45) is -5.17. The van der Waals surface area contributed by atoms with E-state index in [1.807, 2.05) is 0 Å². The van der Waals surface area contributed by atoms with E-state index in [0.717, 1.165) is 18.2 Å². The summed E-state index contributed by atoms with van der Waals surface area (Å²) in [5.41, 5.74) is 4.64. The molecule has 1 aromatic carbocycles. The minimum Gasteiger partial charge on any atom is -0.508 e. The molecule has 1 amide bonds. The molecule has 0 aliphatic carbocycles. The van der Waals surface area contributed by atoms with Crippen LogP contribution in [0.1, 0.15) is 12.0 Å². The van der Waals surface area contributed by atoms with Crippen LogP contribution in [0.15, 0.2) is 18.2 Å². The van der Waals surface area contributed by atoms with Crippen LogP contribution in [0.25, 0.3) is 0 Å². The van der Waals surface area contributed by atoms with E-state index in [0.29, 0.717) is 0 Å². The monoisotopic (exact) mass is 259 g/mol. The topological polar surface area (TPSA) is 72.6 Å². The third-order valence-corrected chi connectivity index (χ3v) is 1.67. The molecule has 0 spiro atoms. The van der Waals surface area contributed by atoms with Crippen molar-refractivity contribution in [1.29, 1.82) is 0 Å². The molecule has 0 aromatic heterocycles. The normalized spacial score (nSPS) is 10.4. The van der Waals surface area contributed by atoms with Gasteiger partial charge in [-0.05, 0) is 18.2 Å². The molecule has 1 rings (SSSR count). The van der Waals surface area contributed by atoms with Gasteiger partial charge in [0, 0.05) is 0 Å². The SMILES string of the molecule is NC(=O)CC#Cc1cc(O)ccc1OC(F)(F)F. The molecule has 4 nitrogen and oxygen atoms in total. The summed E-state index contributed by atoms with van der Waals surface area (Å²) in [4.78, 5) is 10.4. The lowest BCUT2D eigenvalue weighted by atomic mass is 10.2. The molecule has 0 radical (unpaired) electrons. The molecule has 1 aromatic rings. The summed E-state index contributed by atoms with van der Waals surface area (Å²) in [6.45, 7) is 0. The van der Waals surface area contributed by atoms with Crippen LogP contribution in [0.2, 0.25) is 0 Å². The quantitative estimate of drug-likeness (QED) is 0.791. The smallest absolute Gasteiger partial charge is 0.508 e. The molecule has 0 saturated heterocycles. The fourth-order valence-electron chi connectivity index (χ4n) is 1.06. The Bertz CT molecular complexity index is 514. The first-order valence-electron chi connectivity index (χ1n) is 4.64. The second-order valence-corrected chi connectivity index (χ2v) is 3.17. The minimum atomic E-state index is -4.86. The second kappa shape index (κ2) is 5.31. The number of halogens is 3. The Morgan fingerprint density at radius 2 is 2.11 bits per heavy atom. The van der Waals surface area contributed by atoms with Crippen molar-refractivity contribution in [2.24, 2.45) is 5.73 Å². The van der Waals surface area contributed by atoms with Crippen LogP contribution >= 0.6 is 0 Å². The van der Waals surface area contributed by atoms with Gasteiger partial charge in [-0.25, -0.2) is 0 Å². The largest absolute Gasteiger partial charge is 0.573 e. The van der Waals surface area contributed by atoms with E-state index in [-0.39, 0.29) is 17.7 Å². The number of hydrogen-bond donors (Lipinski definition) is 2. The highest BCUT2D eigenvalue weighted by Gasteiger charge is 2.32. The van der Waals surface area contributed by atoms with Gasteiger partial charge in [-0.3, -0.25) is 4.79 Å². The minimum absolute atomic E-state index is 0.187. The Morgan fingerprint density at radius 3 is 2.67 bits per heavy atom. The number of amides is 1. The number of phenolic OH excluding ortho intramolecular Hbond substituents is 1. The number of hydrogen-bond acceptors (Lipinski definition) is 3. The highest BCUT2D eigenvalue weighted by atomic mass is 19.4. The summed E-state index contributed by atoms with van der Waals surface area (Å²) < 4.78 is 39.9. The van der Waals surface area contributed by atoms with Crippen LogP contribution in [0.3, 0.4) is 0 Å². The Kier molecular flexibility index (Phi) is 4.05. The van der Waals surface area contributed by atoms with E-state index in [9.17, 15) is 18.0 Å². The predicted molar refractivity (Wildman–Crippen MR) is 55.5 cm³/mol. The van der Waals surface area contributed by atoms with Crippen LogP contribution in [0.4, 0.5) is 13.2 Å². The number of primary amides is 1. The van der Waals surface area contributed by atoms with Gasteiger partial charge in [-0.1, -0.05) is 11.8 Å². The molecule has 18 heavy (non-hydrogen) atoms. The van der Waals surface area contributed by atoms with Gasteiger partial charge >= 0.3 is 6.36 Å². The van der Waals surface area contributed by atoms with Crippen molar-refractivity contribution >= 4 is 5.91 Å². The summed E-state index contributed by atoms with van der Waals surface area (Å²) >= 11 is 0. The van der Waals surface area contributed by atoms with E-state index in [4.69, 9.17) is 10.8 Å². The zero-order valence-electron chi connectivity index (χ0n) is 8.91. The maximum Gasteiger partial charge on any atom is 0.573 e. The molecule has 0 aliphatic heterocycles. The van der Waals surface area contributed by atoms with E-state index in [1.165, 1.54) is 0 Å². The van der Waals surface area contributed by atoms with Crippen LogP contribution in [-0.4, -0.2) is 17.4 Å². The zero-order valence-corrected chi connectivity index (χ0v) is 8.91. The van der Waals surface area contributed by atoms with Gasteiger partial charge in [0.1, 0.15) is 11.5 Å². The highest BCUT2D eigenvalue weighted by molar-refractivity contribution is 5.76. The third kappa shape index (κ3) is 4.65. The maximum atomic E-state index is 12.1. The Morgan fingerprint density at radius 1 is 1.44 bits per heavy atom. The molecule has 0 aliphatic rings. The van der Waals surface area contributed by atoms with Gasteiger partial charge in [-0.15, -0.1) is 13.2 Å². The molecule has 3 N–H and O–H groups in total. The first-order valence-corrected chi connectivity index (χ1v) is 4.64. The van der Waals surface area contributed by atoms with Gasteiger partial charge in [0.05, 0.1) is 12.0 Å². The maximum absolute atomic E-state index is 12.1. The van der Waals surface area contributed by atoms with E-state index in [1.54, 1.807) is 0 Å². The molecule has 96 valence electrons. The van der Waals surface area contributed by atoms with Crippen molar-refractivity contribution < 1.29 is 27.8 Å². The second-order valence-electron chi connectivity index (χ2n) is 3.17. The number of alkyl halides is 3. The Labute approximate surface area is 100 Å². The number of nitrogens with two attached hydrogens (primary N) is 1. The van der Waals surface area contributed by atoms with Crippen molar-refractivity contribution in [2.75, 3.05) is 0 Å². The molecule has 7 heteroatoms. The summed E-state index contributed by atoms with van der Waals surface area (Å²) in [7, 11) is 0. The number of rotatable bonds is 2. The van der Waals surface area contributed by atoms with Crippen molar-refractivity contribution in [2.45, 2.75) is 12.8 Å². The Hall–Kier alpha value is -2.36. The molecule has 0 heterocycles. The van der Waals surface area contributed by atoms with Crippen molar-refractivity contribution in [3.05, 3.63) is 23.8 Å². The van der Waals surface area contributed by atoms with E-state index >= 15 is 0 Å². The van der Waals surface area contributed by atoms with Crippen LogP contribution < -0.4 is 10.5 Å². The average molecular weight is 259 g/mol. The Balaban J connectivity index is 3.03. The van der Waals surface area contributed by atoms with E-state index < -0.39 is 18.0 Å². The molecular weight excluding hydrogens is 251 g/mol. The number of carbonyl (C=O) groups is 1. The van der Waals surface area contributed by atoms with E-state index in [2.05, 4.69) is 16.6 Å². The zero-order chi connectivity index (χ0) is 13.8. The van der Waals surface area contributed by atoms with Gasteiger partial charge in [0.2, 0.25) is 5.91 Å². The summed E-state index contributed by atoms with van der Waals surface area (Å²) in [5.74, 6) is 3.01. The third-order valence-electron chi connectivity index (χ3n) is 1.67. The first kappa shape index (κ1) is 13.7. The van der Waals surface area contributed by atoms with Crippen LogP contribution in [0.5, 0.6) is 11.5 Å². The van der Waals surface area contributed by atoms with Crippen molar-refractivity contribution in [3.63, 3.8) is 0 Å². The fraction of sp³-hybridized carbons (Fsp3) is 0.182. The first-order chi connectivity index (χ1) is 8.28. The predicted octanol–water partition coefficient (Wildman–Crippen LogP) is 1.52. The lowest BCUT2D eigenvalue weighted by Crippen LogP contribution is -2.17. The fourth-order valence-corrected chi connectivity index (χ4v) is 1.06. The molecular formula is C11H8F3NO3. The van der Waals surface area contributed by atoms with Crippen LogP contribution in [0, 0.1) is 11.8 Å². The van der Waals surface area contributed by atoms with Crippen molar-refractivity contribution in [1.82, 2.24) is 0 Å². The number of benzene rings is 1. The van der Waals surface area contributed by atoms with Crippen LogP contribution in [-0.2, 0) is 4.79 Å². The number of carbonyl (C=O) groups excluding carboxylic acids is 1. The molecule has 0 bridgehead atoms. The lowest BCUT2D eigenvalue weighted by Gasteiger charge is -2.10. The molecule has 0 saturated carbocycles. The molecule has 0 fully saturated rings. The van der Waals surface area contributed by atoms with Gasteiger partial charge in [0.25, 0.3) is 0 Å². The number of phenols is 1. The van der Waals surface area contributed by atoms with Gasteiger partial charge < -0.3 is 15.6 Å². The molecule has 0 unspecified atom stereocenters. The van der Waals surface area contributed by atoms with Crippen molar-refractivity contribution in [3.8, 4) is 23.3 Å². The standard InChI is InChI=1S/C11H8F3NO3/c12-11(13,14)18-9-5-4-8(16)6-7(9)2-1-3-10(15)17/h4-6,16H,3H2,(H2,15,17). The lowest BCUT2D eigenvalue weighted by molar-refractivity contribution is -0.274. The average Bonchev–Trinajstić information content (AvgIpc) is 2.19. The van der Waals surface area contributed by atoms with Gasteiger partial charge in [-0.2, -0.15) is 0 Å². The number of ether oxygens (including phenoxy) is 1. The van der Waals surface area contributed by atoms with Gasteiger partial charge in [0.15, 0.2) is 0 Å². The summed E-state index contributed by atoms with van der Waals surface area (Å²) in [6, 6.07) is 2.95.